The molecular weight excluding hydrogens is 469 g/mol. The molecule has 0 saturated heterocycles. The van der Waals surface area contributed by atoms with Gasteiger partial charge in [0.15, 0.2) is 12.3 Å². The van der Waals surface area contributed by atoms with Gasteiger partial charge in [0.2, 0.25) is 11.8 Å². The maximum atomic E-state index is 12.6. The van der Waals surface area contributed by atoms with Crippen molar-refractivity contribution in [3.63, 3.8) is 0 Å². The third-order valence-electron chi connectivity index (χ3n) is 6.24. The van der Waals surface area contributed by atoms with Crippen LogP contribution in [0.4, 0.5) is 13.2 Å². The molecule has 2 aliphatic carbocycles. The second kappa shape index (κ2) is 8.40. The number of primary amides is 1. The van der Waals surface area contributed by atoms with Crippen molar-refractivity contribution in [2.45, 2.75) is 44.0 Å². The molecule has 0 radical (unpaired) electrons. The summed E-state index contributed by atoms with van der Waals surface area (Å²) in [6.07, 6.45) is 1.47. The van der Waals surface area contributed by atoms with E-state index >= 15 is 0 Å². The summed E-state index contributed by atoms with van der Waals surface area (Å²) in [6.45, 7) is -1.46. The van der Waals surface area contributed by atoms with Gasteiger partial charge in [-0.15, -0.1) is 5.10 Å². The largest absolute Gasteiger partial charge is 0.474 e. The van der Waals surface area contributed by atoms with E-state index in [2.05, 4.69) is 25.1 Å². The summed E-state index contributed by atoms with van der Waals surface area (Å²) >= 11 is 0. The molecule has 2 aliphatic rings. The van der Waals surface area contributed by atoms with Crippen LogP contribution in [0.15, 0.2) is 36.7 Å². The minimum Gasteiger partial charge on any atom is -0.474 e. The van der Waals surface area contributed by atoms with Crippen LogP contribution in [0.5, 0.6) is 11.8 Å². The van der Waals surface area contributed by atoms with Gasteiger partial charge in [0, 0.05) is 18.3 Å². The fourth-order valence-electron chi connectivity index (χ4n) is 4.71. The molecule has 2 saturated carbocycles. The zero-order valence-corrected chi connectivity index (χ0v) is 18.3. The van der Waals surface area contributed by atoms with Crippen LogP contribution < -0.4 is 20.5 Å². The Bertz CT molecular complexity index is 1280. The summed E-state index contributed by atoms with van der Waals surface area (Å²) in [5, 5.41) is 6.83. The van der Waals surface area contributed by atoms with Gasteiger partial charge in [-0.3, -0.25) is 9.59 Å². The van der Waals surface area contributed by atoms with Crippen LogP contribution >= 0.6 is 0 Å². The third-order valence-corrected chi connectivity index (χ3v) is 6.24. The van der Waals surface area contributed by atoms with Gasteiger partial charge in [-0.25, -0.2) is 14.5 Å². The number of rotatable bonds is 7. The number of pyridine rings is 1. The van der Waals surface area contributed by atoms with Crippen LogP contribution in [0, 0.1) is 5.41 Å². The lowest BCUT2D eigenvalue weighted by Gasteiger charge is -2.57. The smallest absolute Gasteiger partial charge is 0.422 e. The van der Waals surface area contributed by atoms with Crippen molar-refractivity contribution in [1.82, 2.24) is 24.9 Å². The first kappa shape index (κ1) is 22.9. The van der Waals surface area contributed by atoms with Gasteiger partial charge in [-0.2, -0.15) is 13.2 Å². The highest BCUT2D eigenvalue weighted by Gasteiger charge is 2.54. The van der Waals surface area contributed by atoms with Gasteiger partial charge in [0.1, 0.15) is 17.4 Å². The normalized spacial score (nSPS) is 23.4. The molecule has 10 nitrogen and oxygen atoms in total. The summed E-state index contributed by atoms with van der Waals surface area (Å²) in [4.78, 5) is 32.4. The highest BCUT2D eigenvalue weighted by atomic mass is 19.4. The number of aromatic nitrogens is 4. The molecule has 3 aromatic heterocycles. The van der Waals surface area contributed by atoms with Gasteiger partial charge >= 0.3 is 6.18 Å². The number of ether oxygens (including phenoxy) is 2. The number of hydrogen-bond acceptors (Lipinski definition) is 7. The second-order valence-corrected chi connectivity index (χ2v) is 8.95. The average Bonchev–Trinajstić information content (AvgIpc) is 3.18. The van der Waals surface area contributed by atoms with Crippen LogP contribution in [-0.4, -0.2) is 56.3 Å². The van der Waals surface area contributed by atoms with E-state index in [4.69, 9.17) is 10.5 Å². The van der Waals surface area contributed by atoms with E-state index in [1.54, 1.807) is 12.1 Å². The highest BCUT2D eigenvalue weighted by Crippen LogP contribution is 2.56. The van der Waals surface area contributed by atoms with Crippen molar-refractivity contribution in [1.29, 1.82) is 0 Å². The molecule has 1 spiro atoms. The number of carbonyl (C=O) groups excluding carboxylic acids is 2. The number of nitrogens with two attached hydrogens (primary N) is 1. The van der Waals surface area contributed by atoms with E-state index in [1.807, 2.05) is 0 Å². The number of imidazole rings is 1. The summed E-state index contributed by atoms with van der Waals surface area (Å²) in [5.41, 5.74) is 6.10. The van der Waals surface area contributed by atoms with E-state index in [1.165, 1.54) is 29.0 Å². The molecule has 35 heavy (non-hydrogen) atoms. The average molecular weight is 490 g/mol. The Hall–Kier alpha value is -3.90. The maximum absolute atomic E-state index is 12.6. The molecule has 184 valence electrons. The van der Waals surface area contributed by atoms with E-state index in [0.29, 0.717) is 5.65 Å². The first-order valence-electron chi connectivity index (χ1n) is 10.9. The SMILES string of the molecule is NC(=O)c1cccnc1O[C@H]1CC2(C[C@H](NC(=O)c3cn4nc(OCC(F)(F)F)ccc4n3)C2)C1. The van der Waals surface area contributed by atoms with Gasteiger partial charge in [0.25, 0.3) is 11.8 Å². The third kappa shape index (κ3) is 4.84. The van der Waals surface area contributed by atoms with E-state index in [0.717, 1.165) is 25.7 Å². The number of hydrogen-bond donors (Lipinski definition) is 2. The zero-order valence-electron chi connectivity index (χ0n) is 18.3. The molecule has 0 unspecified atom stereocenters. The molecule has 0 bridgehead atoms. The number of nitrogens with zero attached hydrogens (tertiary/aromatic N) is 4. The Labute approximate surface area is 196 Å². The number of carbonyl (C=O) groups is 2. The Kier molecular flexibility index (Phi) is 5.49. The van der Waals surface area contributed by atoms with E-state index in [9.17, 15) is 22.8 Å². The van der Waals surface area contributed by atoms with Crippen LogP contribution in [0.3, 0.4) is 0 Å². The number of fused-ring (bicyclic) bond motifs is 1. The van der Waals surface area contributed by atoms with Crippen molar-refractivity contribution in [2.75, 3.05) is 6.61 Å². The summed E-state index contributed by atoms with van der Waals surface area (Å²) in [6, 6.07) is 5.85. The fourth-order valence-corrected chi connectivity index (χ4v) is 4.71. The number of amides is 2. The van der Waals surface area contributed by atoms with Gasteiger partial charge in [0.05, 0.1) is 6.20 Å². The molecular formula is C22H21F3N6O4. The van der Waals surface area contributed by atoms with Crippen LogP contribution in [0.25, 0.3) is 5.65 Å². The lowest BCUT2D eigenvalue weighted by Crippen LogP contribution is -2.58. The standard InChI is InChI=1S/C22H21F3N6O4/c23-22(24,25)11-34-17-4-3-16-29-15(10-31(16)30-17)19(33)28-12-6-21(7-12)8-13(9-21)35-20-14(18(26)32)2-1-5-27-20/h1-5,10,12-13H,6-9,11H2,(H2,26,32)(H,28,33)/t12-,13-,21?. The quantitative estimate of drug-likeness (QED) is 0.519. The van der Waals surface area contributed by atoms with Gasteiger partial charge < -0.3 is 20.5 Å². The topological polar surface area (TPSA) is 134 Å². The first-order chi connectivity index (χ1) is 16.6. The predicted molar refractivity (Wildman–Crippen MR) is 114 cm³/mol. The molecule has 3 N–H and O–H groups in total. The number of nitrogens with one attached hydrogen (secondary N) is 1. The molecule has 0 aromatic carbocycles. The Morgan fingerprint density at radius 3 is 2.69 bits per heavy atom. The summed E-state index contributed by atoms with van der Waals surface area (Å²) < 4.78 is 48.6. The predicted octanol–water partition coefficient (Wildman–Crippen LogP) is 2.28. The van der Waals surface area contributed by atoms with Crippen molar-refractivity contribution >= 4 is 17.5 Å². The lowest BCUT2D eigenvalue weighted by atomic mass is 9.53. The molecule has 0 aliphatic heterocycles. The fraction of sp³-hybridized carbons (Fsp3) is 0.409. The highest BCUT2D eigenvalue weighted by molar-refractivity contribution is 5.95. The molecule has 3 heterocycles. The Morgan fingerprint density at radius 2 is 1.97 bits per heavy atom. The van der Waals surface area contributed by atoms with Crippen molar-refractivity contribution < 1.29 is 32.2 Å². The van der Waals surface area contributed by atoms with E-state index in [-0.39, 0.29) is 46.5 Å². The first-order valence-corrected chi connectivity index (χ1v) is 10.9. The zero-order chi connectivity index (χ0) is 24.8. The summed E-state index contributed by atoms with van der Waals surface area (Å²) in [7, 11) is 0. The molecule has 0 atom stereocenters. The minimum absolute atomic E-state index is 0.0251. The maximum Gasteiger partial charge on any atom is 0.422 e. The van der Waals surface area contributed by atoms with Crippen molar-refractivity contribution in [3.8, 4) is 11.8 Å². The van der Waals surface area contributed by atoms with Crippen LogP contribution in [0.1, 0.15) is 46.5 Å². The van der Waals surface area contributed by atoms with Crippen molar-refractivity contribution in [3.05, 3.63) is 47.9 Å². The van der Waals surface area contributed by atoms with Crippen LogP contribution in [0.2, 0.25) is 0 Å². The van der Waals surface area contributed by atoms with Gasteiger partial charge in [-0.05, 0) is 49.3 Å². The van der Waals surface area contributed by atoms with E-state index < -0.39 is 18.7 Å². The van der Waals surface area contributed by atoms with Crippen LogP contribution in [-0.2, 0) is 0 Å². The monoisotopic (exact) mass is 490 g/mol. The second-order valence-electron chi connectivity index (χ2n) is 8.95. The number of alkyl halides is 3. The molecule has 2 fully saturated rings. The minimum atomic E-state index is -4.48. The van der Waals surface area contributed by atoms with Gasteiger partial charge in [-0.1, -0.05) is 0 Å². The Morgan fingerprint density at radius 1 is 1.20 bits per heavy atom. The molecule has 5 rings (SSSR count). The molecule has 2 amide bonds. The molecule has 13 heteroatoms. The van der Waals surface area contributed by atoms with Crippen molar-refractivity contribution in [2.24, 2.45) is 11.1 Å². The lowest BCUT2D eigenvalue weighted by molar-refractivity contribution is -0.154. The molecule has 3 aromatic rings. The summed E-state index contributed by atoms with van der Waals surface area (Å²) in [5.74, 6) is -0.979. The number of halogens is 3. The Balaban J connectivity index is 1.12.